The van der Waals surface area contributed by atoms with E-state index in [0.717, 1.165) is 15.7 Å². The van der Waals surface area contributed by atoms with Gasteiger partial charge in [0.15, 0.2) is 5.13 Å². The summed E-state index contributed by atoms with van der Waals surface area (Å²) in [7, 11) is 0. The molecule has 0 aliphatic carbocycles. The molecule has 1 aromatic heterocycles. The first-order valence-corrected chi connectivity index (χ1v) is 7.10. The molecule has 106 valence electrons. The lowest BCUT2D eigenvalue weighted by molar-refractivity contribution is 0.0526. The summed E-state index contributed by atoms with van der Waals surface area (Å²) in [6.45, 7) is 6.08. The van der Waals surface area contributed by atoms with E-state index in [1.165, 1.54) is 0 Å². The number of esters is 1. The molecule has 5 nitrogen and oxygen atoms in total. The highest BCUT2D eigenvalue weighted by molar-refractivity contribution is 7.15. The molecule has 0 aliphatic rings. The van der Waals surface area contributed by atoms with Gasteiger partial charge in [0.25, 0.3) is 0 Å². The van der Waals surface area contributed by atoms with Crippen LogP contribution in [-0.2, 0) is 4.74 Å². The highest BCUT2D eigenvalue weighted by Crippen LogP contribution is 2.28. The number of nitrogens with one attached hydrogen (secondary N) is 1. The third kappa shape index (κ3) is 3.08. The number of carbonyl (C=O) groups excluding carboxylic acids is 1. The van der Waals surface area contributed by atoms with Crippen molar-refractivity contribution in [3.8, 4) is 0 Å². The summed E-state index contributed by atoms with van der Waals surface area (Å²) < 4.78 is 4.98. The van der Waals surface area contributed by atoms with Crippen LogP contribution in [0.5, 0.6) is 0 Å². The Morgan fingerprint density at radius 3 is 2.80 bits per heavy atom. The SMILES string of the molecule is CCOC(=O)c1ccc(N)c(Nc2nc(C)c(C)s2)c1. The molecule has 0 fully saturated rings. The lowest BCUT2D eigenvalue weighted by atomic mass is 10.2. The van der Waals surface area contributed by atoms with E-state index in [1.807, 2.05) is 13.8 Å². The Balaban J connectivity index is 2.26. The number of benzene rings is 1. The van der Waals surface area contributed by atoms with E-state index in [1.54, 1.807) is 36.5 Å². The van der Waals surface area contributed by atoms with Gasteiger partial charge in [0, 0.05) is 4.88 Å². The minimum atomic E-state index is -0.359. The zero-order valence-electron chi connectivity index (χ0n) is 11.7. The number of hydrogen-bond acceptors (Lipinski definition) is 6. The van der Waals surface area contributed by atoms with Gasteiger partial charge in [-0.1, -0.05) is 0 Å². The fourth-order valence-corrected chi connectivity index (χ4v) is 2.47. The molecule has 0 spiro atoms. The third-order valence-electron chi connectivity index (χ3n) is 2.83. The quantitative estimate of drug-likeness (QED) is 0.668. The number of rotatable bonds is 4. The van der Waals surface area contributed by atoms with Crippen LogP contribution >= 0.6 is 11.3 Å². The molecule has 3 N–H and O–H groups in total. The number of nitrogens with two attached hydrogens (primary N) is 1. The van der Waals surface area contributed by atoms with Gasteiger partial charge < -0.3 is 15.8 Å². The molecule has 0 saturated heterocycles. The van der Waals surface area contributed by atoms with Crippen molar-refractivity contribution in [2.75, 3.05) is 17.7 Å². The van der Waals surface area contributed by atoms with Crippen molar-refractivity contribution in [3.63, 3.8) is 0 Å². The number of hydrogen-bond donors (Lipinski definition) is 2. The Morgan fingerprint density at radius 2 is 2.20 bits per heavy atom. The number of thiazole rings is 1. The molecule has 0 unspecified atom stereocenters. The standard InChI is InChI=1S/C14H17N3O2S/c1-4-19-13(18)10-5-6-11(15)12(7-10)17-14-16-8(2)9(3)20-14/h5-7H,4,15H2,1-3H3,(H,16,17). The van der Waals surface area contributed by atoms with E-state index in [0.29, 0.717) is 23.5 Å². The predicted octanol–water partition coefficient (Wildman–Crippen LogP) is 3.26. The molecule has 1 aromatic carbocycles. The number of aromatic nitrogens is 1. The van der Waals surface area contributed by atoms with Crippen LogP contribution in [0.3, 0.4) is 0 Å². The van der Waals surface area contributed by atoms with Crippen LogP contribution in [0.25, 0.3) is 0 Å². The van der Waals surface area contributed by atoms with Crippen molar-refractivity contribution >= 4 is 33.8 Å². The lowest BCUT2D eigenvalue weighted by Gasteiger charge is -2.09. The van der Waals surface area contributed by atoms with E-state index in [9.17, 15) is 4.79 Å². The number of nitrogen functional groups attached to an aromatic ring is 1. The number of aryl methyl sites for hydroxylation is 2. The fourth-order valence-electron chi connectivity index (χ4n) is 1.65. The number of anilines is 3. The number of ether oxygens (including phenoxy) is 1. The van der Waals surface area contributed by atoms with Gasteiger partial charge in [-0.25, -0.2) is 9.78 Å². The minimum absolute atomic E-state index is 0.344. The maximum absolute atomic E-state index is 11.7. The second kappa shape index (κ2) is 5.92. The number of nitrogens with zero attached hydrogens (tertiary/aromatic N) is 1. The first kappa shape index (κ1) is 14.3. The van der Waals surface area contributed by atoms with Crippen LogP contribution in [0.1, 0.15) is 27.9 Å². The largest absolute Gasteiger partial charge is 0.462 e. The summed E-state index contributed by atoms with van der Waals surface area (Å²) in [5, 5.41) is 3.90. The van der Waals surface area contributed by atoms with Crippen molar-refractivity contribution < 1.29 is 9.53 Å². The minimum Gasteiger partial charge on any atom is -0.462 e. The molecular formula is C14H17N3O2S. The highest BCUT2D eigenvalue weighted by Gasteiger charge is 2.11. The molecule has 2 aromatic rings. The second-order valence-corrected chi connectivity index (χ2v) is 5.51. The summed E-state index contributed by atoms with van der Waals surface area (Å²) in [6, 6.07) is 5.01. The summed E-state index contributed by atoms with van der Waals surface area (Å²) in [5.41, 5.74) is 8.58. The van der Waals surface area contributed by atoms with Crippen LogP contribution in [0, 0.1) is 13.8 Å². The van der Waals surface area contributed by atoms with Crippen LogP contribution in [0.2, 0.25) is 0 Å². The Morgan fingerprint density at radius 1 is 1.45 bits per heavy atom. The zero-order chi connectivity index (χ0) is 14.7. The molecule has 0 radical (unpaired) electrons. The van der Waals surface area contributed by atoms with Crippen LogP contribution < -0.4 is 11.1 Å². The molecule has 20 heavy (non-hydrogen) atoms. The average Bonchev–Trinajstić information content (AvgIpc) is 2.71. The van der Waals surface area contributed by atoms with Crippen molar-refractivity contribution in [2.45, 2.75) is 20.8 Å². The van der Waals surface area contributed by atoms with Gasteiger partial charge in [-0.3, -0.25) is 0 Å². The van der Waals surface area contributed by atoms with Gasteiger partial charge in [0.1, 0.15) is 0 Å². The molecule has 2 rings (SSSR count). The normalized spacial score (nSPS) is 10.3. The Kier molecular flexibility index (Phi) is 4.24. The van der Waals surface area contributed by atoms with Crippen LogP contribution in [-0.4, -0.2) is 17.6 Å². The summed E-state index contributed by atoms with van der Waals surface area (Å²) in [6.07, 6.45) is 0. The maximum atomic E-state index is 11.7. The predicted molar refractivity (Wildman–Crippen MR) is 81.7 cm³/mol. The zero-order valence-corrected chi connectivity index (χ0v) is 12.5. The molecule has 0 saturated carbocycles. The average molecular weight is 291 g/mol. The first-order chi connectivity index (χ1) is 9.51. The summed E-state index contributed by atoms with van der Waals surface area (Å²) in [5.74, 6) is -0.359. The van der Waals surface area contributed by atoms with E-state index in [-0.39, 0.29) is 5.97 Å². The molecule has 0 amide bonds. The van der Waals surface area contributed by atoms with Crippen molar-refractivity contribution in [1.82, 2.24) is 4.98 Å². The molecule has 0 bridgehead atoms. The van der Waals surface area contributed by atoms with Gasteiger partial charge >= 0.3 is 5.97 Å². The fraction of sp³-hybridized carbons (Fsp3) is 0.286. The summed E-state index contributed by atoms with van der Waals surface area (Å²) in [4.78, 5) is 17.3. The number of carbonyl (C=O) groups is 1. The van der Waals surface area contributed by atoms with Gasteiger partial charge in [0.2, 0.25) is 0 Å². The summed E-state index contributed by atoms with van der Waals surface area (Å²) >= 11 is 1.55. The Bertz CT molecular complexity index is 618. The van der Waals surface area contributed by atoms with Gasteiger partial charge in [-0.2, -0.15) is 0 Å². The van der Waals surface area contributed by atoms with Crippen molar-refractivity contribution in [3.05, 3.63) is 34.3 Å². The monoisotopic (exact) mass is 291 g/mol. The second-order valence-electron chi connectivity index (χ2n) is 4.31. The Hall–Kier alpha value is -2.08. The highest BCUT2D eigenvalue weighted by atomic mass is 32.1. The van der Waals surface area contributed by atoms with Crippen molar-refractivity contribution in [2.24, 2.45) is 0 Å². The first-order valence-electron chi connectivity index (χ1n) is 6.29. The van der Waals surface area contributed by atoms with Gasteiger partial charge in [0.05, 0.1) is 29.2 Å². The third-order valence-corrected chi connectivity index (χ3v) is 3.82. The van der Waals surface area contributed by atoms with Gasteiger partial charge in [-0.15, -0.1) is 11.3 Å². The molecule has 0 atom stereocenters. The maximum Gasteiger partial charge on any atom is 0.338 e. The van der Waals surface area contributed by atoms with Crippen molar-refractivity contribution in [1.29, 1.82) is 0 Å². The van der Waals surface area contributed by atoms with E-state index >= 15 is 0 Å². The van der Waals surface area contributed by atoms with E-state index in [2.05, 4.69) is 10.3 Å². The van der Waals surface area contributed by atoms with E-state index in [4.69, 9.17) is 10.5 Å². The lowest BCUT2D eigenvalue weighted by Crippen LogP contribution is -2.06. The molecule has 1 heterocycles. The topological polar surface area (TPSA) is 77.2 Å². The molecular weight excluding hydrogens is 274 g/mol. The molecule has 6 heteroatoms. The Labute approximate surface area is 121 Å². The smallest absolute Gasteiger partial charge is 0.338 e. The van der Waals surface area contributed by atoms with Crippen LogP contribution in [0.15, 0.2) is 18.2 Å². The van der Waals surface area contributed by atoms with Crippen LogP contribution in [0.4, 0.5) is 16.5 Å². The van der Waals surface area contributed by atoms with Gasteiger partial charge in [-0.05, 0) is 39.0 Å². The van der Waals surface area contributed by atoms with E-state index < -0.39 is 0 Å². The molecule has 0 aliphatic heterocycles.